The predicted octanol–water partition coefficient (Wildman–Crippen LogP) is 2.26. The van der Waals surface area contributed by atoms with Crippen LogP contribution in [0.25, 0.3) is 0 Å². The Labute approximate surface area is 134 Å². The van der Waals surface area contributed by atoms with Crippen molar-refractivity contribution < 1.29 is 9.59 Å². The van der Waals surface area contributed by atoms with Crippen LogP contribution in [-0.4, -0.2) is 34.6 Å². The van der Waals surface area contributed by atoms with E-state index in [0.29, 0.717) is 17.3 Å². The number of nitriles is 1. The van der Waals surface area contributed by atoms with Gasteiger partial charge in [0.1, 0.15) is 10.9 Å². The molecular weight excluding hydrogens is 296 g/mol. The quantitative estimate of drug-likeness (QED) is 0.811. The van der Waals surface area contributed by atoms with Gasteiger partial charge in [-0.15, -0.1) is 0 Å². The number of Topliss-reactive ketones (excluding diaryl/α,β-unsaturated/α-hetero) is 1. The molecule has 22 heavy (non-hydrogen) atoms. The van der Waals surface area contributed by atoms with E-state index in [4.69, 9.17) is 0 Å². The van der Waals surface area contributed by atoms with Gasteiger partial charge in [-0.05, 0) is 43.1 Å². The van der Waals surface area contributed by atoms with E-state index in [-0.39, 0.29) is 34.0 Å². The molecule has 0 aromatic rings. The molecule has 120 valence electrons. The summed E-state index contributed by atoms with van der Waals surface area (Å²) in [7, 11) is -0.155. The highest BCUT2D eigenvalue weighted by atomic mass is 32.2. The lowest BCUT2D eigenvalue weighted by Crippen LogP contribution is -2.35. The first-order chi connectivity index (χ1) is 10.7. The summed E-state index contributed by atoms with van der Waals surface area (Å²) >= 11 is 0. The maximum absolute atomic E-state index is 12.9. The molecule has 0 bridgehead atoms. The number of hydrogen-bond acceptors (Lipinski definition) is 3. The lowest BCUT2D eigenvalue weighted by Gasteiger charge is -2.28. The van der Waals surface area contributed by atoms with Crippen LogP contribution in [0.3, 0.4) is 0 Å². The van der Waals surface area contributed by atoms with E-state index in [1.807, 2.05) is 0 Å². The second-order valence-corrected chi connectivity index (χ2v) is 8.90. The molecule has 5 heteroatoms. The zero-order valence-electron chi connectivity index (χ0n) is 13.0. The molecule has 1 aliphatic carbocycles. The van der Waals surface area contributed by atoms with Gasteiger partial charge >= 0.3 is 0 Å². The summed E-state index contributed by atoms with van der Waals surface area (Å²) in [5.74, 6) is 1.82. The number of nitrogens with zero attached hydrogens (tertiary/aromatic N) is 1. The number of nitrogens with one attached hydrogen (secondary N) is 1. The Balaban J connectivity index is 1.82. The standard InChI is InChI=1S/C17H24N2O2S/c18-10-14(22-8-4-5-9-22)16(20)13-11-19-17(21)15(13)12-6-2-1-3-7-12/h12-13,15H,1-9,11H2,(H,19,21)/t13-,15+/m0/s1. The predicted molar refractivity (Wildman–Crippen MR) is 88.8 cm³/mol. The minimum Gasteiger partial charge on any atom is -0.355 e. The van der Waals surface area contributed by atoms with Crippen molar-refractivity contribution in [2.24, 2.45) is 17.8 Å². The van der Waals surface area contributed by atoms with E-state index in [0.717, 1.165) is 50.0 Å². The molecule has 3 rings (SSSR count). The van der Waals surface area contributed by atoms with Crippen LogP contribution in [0.2, 0.25) is 0 Å². The first kappa shape index (κ1) is 15.7. The first-order valence-corrected chi connectivity index (χ1v) is 10.0. The normalized spacial score (nSPS) is 30.0. The fourth-order valence-electron chi connectivity index (χ4n) is 4.22. The number of carbonyl (C=O) groups is 2. The highest BCUT2D eigenvalue weighted by molar-refractivity contribution is 8.17. The monoisotopic (exact) mass is 320 g/mol. The van der Waals surface area contributed by atoms with Crippen molar-refractivity contribution in [1.82, 2.24) is 5.32 Å². The van der Waals surface area contributed by atoms with Crippen molar-refractivity contribution in [3.05, 3.63) is 0 Å². The largest absolute Gasteiger partial charge is 0.355 e. The van der Waals surface area contributed by atoms with E-state index < -0.39 is 0 Å². The van der Waals surface area contributed by atoms with Gasteiger partial charge in [0.25, 0.3) is 0 Å². The third-order valence-corrected chi connectivity index (χ3v) is 7.81. The van der Waals surface area contributed by atoms with E-state index in [1.165, 1.54) is 6.42 Å². The van der Waals surface area contributed by atoms with Gasteiger partial charge in [0.05, 0.1) is 11.8 Å². The van der Waals surface area contributed by atoms with E-state index >= 15 is 0 Å². The third kappa shape index (κ3) is 2.99. The van der Waals surface area contributed by atoms with Gasteiger partial charge in [-0.2, -0.15) is 15.7 Å². The Morgan fingerprint density at radius 1 is 1.14 bits per heavy atom. The molecule has 0 radical (unpaired) electrons. The van der Waals surface area contributed by atoms with Crippen LogP contribution in [-0.2, 0) is 9.59 Å². The molecule has 3 fully saturated rings. The number of carbonyl (C=O) groups excluding carboxylic acids is 2. The molecule has 3 aliphatic rings. The molecule has 2 atom stereocenters. The van der Waals surface area contributed by atoms with Gasteiger partial charge in [-0.3, -0.25) is 9.59 Å². The van der Waals surface area contributed by atoms with Crippen molar-refractivity contribution in [2.45, 2.75) is 44.9 Å². The van der Waals surface area contributed by atoms with Gasteiger partial charge in [-0.1, -0.05) is 19.3 Å². The Bertz CT molecular complexity index is 535. The van der Waals surface area contributed by atoms with Gasteiger partial charge in [-0.25, -0.2) is 0 Å². The highest BCUT2D eigenvalue weighted by Gasteiger charge is 2.45. The smallest absolute Gasteiger partial charge is 0.224 e. The van der Waals surface area contributed by atoms with Crippen molar-refractivity contribution in [3.8, 4) is 6.07 Å². The Morgan fingerprint density at radius 3 is 2.45 bits per heavy atom. The SMILES string of the molecule is N#CC(C(=O)[C@H]1CNC(=O)[C@@H]1C1CCCCC1)=S1CCCC1. The molecule has 4 nitrogen and oxygen atoms in total. The zero-order chi connectivity index (χ0) is 15.5. The molecule has 1 saturated carbocycles. The van der Waals surface area contributed by atoms with Gasteiger partial charge in [0.2, 0.25) is 5.91 Å². The van der Waals surface area contributed by atoms with Gasteiger partial charge in [0, 0.05) is 6.54 Å². The molecule has 0 spiro atoms. The molecule has 0 aromatic carbocycles. The first-order valence-electron chi connectivity index (χ1n) is 8.49. The summed E-state index contributed by atoms with van der Waals surface area (Å²) < 4.78 is 0. The molecule has 2 heterocycles. The van der Waals surface area contributed by atoms with Crippen LogP contribution >= 0.6 is 10.5 Å². The minimum absolute atomic E-state index is 0.0262. The number of amides is 1. The fraction of sp³-hybridized carbons (Fsp3) is 0.765. The van der Waals surface area contributed by atoms with Crippen LogP contribution in [0.1, 0.15) is 44.9 Å². The van der Waals surface area contributed by atoms with Gasteiger partial charge in [0.15, 0.2) is 5.78 Å². The Hall–Kier alpha value is -1.15. The Morgan fingerprint density at radius 2 is 1.82 bits per heavy atom. The van der Waals surface area contributed by atoms with Crippen LogP contribution in [0.4, 0.5) is 0 Å². The van der Waals surface area contributed by atoms with Crippen molar-refractivity contribution in [2.75, 3.05) is 18.1 Å². The average Bonchev–Trinajstić information content (AvgIpc) is 3.18. The number of rotatable bonds is 3. The summed E-state index contributed by atoms with van der Waals surface area (Å²) in [5.41, 5.74) is 0. The lowest BCUT2D eigenvalue weighted by atomic mass is 9.74. The maximum atomic E-state index is 12.9. The molecule has 1 N–H and O–H groups in total. The summed E-state index contributed by atoms with van der Waals surface area (Å²) in [5, 5.41) is 12.4. The zero-order valence-corrected chi connectivity index (χ0v) is 13.8. The van der Waals surface area contributed by atoms with Gasteiger partial charge < -0.3 is 5.32 Å². The second-order valence-electron chi connectivity index (χ2n) is 6.69. The van der Waals surface area contributed by atoms with E-state index in [9.17, 15) is 14.9 Å². The Kier molecular flexibility index (Phi) is 4.97. The van der Waals surface area contributed by atoms with Crippen LogP contribution < -0.4 is 5.32 Å². The molecule has 2 aliphatic heterocycles. The van der Waals surface area contributed by atoms with Crippen LogP contribution in [0.15, 0.2) is 0 Å². The minimum atomic E-state index is -0.293. The molecule has 0 unspecified atom stereocenters. The summed E-state index contributed by atoms with van der Waals surface area (Å²) in [6.45, 7) is 0.432. The summed E-state index contributed by atoms with van der Waals surface area (Å²) in [6, 6.07) is 2.20. The average molecular weight is 320 g/mol. The summed E-state index contributed by atoms with van der Waals surface area (Å²) in [4.78, 5) is 25.7. The van der Waals surface area contributed by atoms with E-state index in [1.54, 1.807) is 0 Å². The molecule has 0 aromatic heterocycles. The van der Waals surface area contributed by atoms with Crippen molar-refractivity contribution >= 4 is 27.0 Å². The maximum Gasteiger partial charge on any atom is 0.224 e. The third-order valence-electron chi connectivity index (χ3n) is 5.37. The van der Waals surface area contributed by atoms with Crippen LogP contribution in [0.5, 0.6) is 0 Å². The van der Waals surface area contributed by atoms with Crippen molar-refractivity contribution in [3.63, 3.8) is 0 Å². The summed E-state index contributed by atoms with van der Waals surface area (Å²) in [6.07, 6.45) is 7.90. The fourth-order valence-corrected chi connectivity index (χ4v) is 6.50. The molecule has 1 amide bonds. The van der Waals surface area contributed by atoms with Crippen LogP contribution in [0, 0.1) is 29.1 Å². The molecular formula is C17H24N2O2S. The number of ketones is 1. The topological polar surface area (TPSA) is 70.0 Å². The highest BCUT2D eigenvalue weighted by Crippen LogP contribution is 2.38. The lowest BCUT2D eigenvalue weighted by molar-refractivity contribution is -0.128. The number of hydrogen-bond donors (Lipinski definition) is 1. The van der Waals surface area contributed by atoms with E-state index in [2.05, 4.69) is 11.4 Å². The van der Waals surface area contributed by atoms with Crippen molar-refractivity contribution in [1.29, 1.82) is 5.26 Å². The molecule has 2 saturated heterocycles. The second kappa shape index (κ2) is 6.95.